The number of carbonyl (C=O) groups excluding carboxylic acids is 3. The van der Waals surface area contributed by atoms with E-state index in [1.807, 2.05) is 7.05 Å². The molecule has 1 aromatic rings. The molecular formula is C25H29ClN2O7. The van der Waals surface area contributed by atoms with Crippen molar-refractivity contribution in [2.75, 3.05) is 13.6 Å². The van der Waals surface area contributed by atoms with Gasteiger partial charge in [0, 0.05) is 29.5 Å². The Labute approximate surface area is 207 Å². The molecule has 3 aliphatic rings. The van der Waals surface area contributed by atoms with Crippen LogP contribution >= 0.6 is 11.6 Å². The van der Waals surface area contributed by atoms with E-state index in [-0.39, 0.29) is 36.1 Å². The summed E-state index contributed by atoms with van der Waals surface area (Å²) in [4.78, 5) is 39.7. The van der Waals surface area contributed by atoms with Crippen molar-refractivity contribution < 1.29 is 34.8 Å². The van der Waals surface area contributed by atoms with Gasteiger partial charge in [0.1, 0.15) is 22.8 Å². The molecule has 0 aliphatic heterocycles. The van der Waals surface area contributed by atoms with Gasteiger partial charge in [0.25, 0.3) is 5.91 Å². The van der Waals surface area contributed by atoms with Crippen LogP contribution in [-0.4, -0.2) is 62.0 Å². The Morgan fingerprint density at radius 1 is 1.26 bits per heavy atom. The second-order valence-corrected chi connectivity index (χ2v) is 10.1. The van der Waals surface area contributed by atoms with Gasteiger partial charge in [0.15, 0.2) is 11.4 Å². The summed E-state index contributed by atoms with van der Waals surface area (Å²) in [5.41, 5.74) is 2.79. The van der Waals surface area contributed by atoms with Gasteiger partial charge in [-0.05, 0) is 56.0 Å². The Kier molecular flexibility index (Phi) is 6.46. The fourth-order valence-electron chi connectivity index (χ4n) is 5.64. The lowest BCUT2D eigenvalue weighted by Gasteiger charge is -2.46. The van der Waals surface area contributed by atoms with Gasteiger partial charge in [-0.1, -0.05) is 24.9 Å². The van der Waals surface area contributed by atoms with Gasteiger partial charge < -0.3 is 31.1 Å². The average Bonchev–Trinajstić information content (AvgIpc) is 2.77. The highest BCUT2D eigenvalue weighted by atomic mass is 35.5. The molecule has 1 unspecified atom stereocenters. The largest absolute Gasteiger partial charge is 0.508 e. The molecule has 3 atom stereocenters. The van der Waals surface area contributed by atoms with Gasteiger partial charge in [-0.25, -0.2) is 0 Å². The number of benzene rings is 1. The molecule has 6 N–H and O–H groups in total. The van der Waals surface area contributed by atoms with E-state index in [1.165, 1.54) is 6.07 Å². The third kappa shape index (κ3) is 3.82. The maximum Gasteiger partial charge on any atom is 0.255 e. The fourth-order valence-corrected chi connectivity index (χ4v) is 5.92. The molecule has 3 aliphatic carbocycles. The number of Topliss-reactive ketones (excluding diaryl/α,β-unsaturated/α-hetero) is 2. The number of nitrogens with two attached hydrogens (primary N) is 1. The van der Waals surface area contributed by atoms with Crippen molar-refractivity contribution >= 4 is 34.8 Å². The van der Waals surface area contributed by atoms with E-state index >= 15 is 0 Å². The predicted octanol–water partition coefficient (Wildman–Crippen LogP) is 2.31. The zero-order chi connectivity index (χ0) is 25.8. The Balaban J connectivity index is 1.81. The fraction of sp³-hybridized carbons (Fsp3) is 0.480. The second kappa shape index (κ2) is 8.96. The smallest absolute Gasteiger partial charge is 0.255 e. The Morgan fingerprint density at radius 2 is 1.94 bits per heavy atom. The highest BCUT2D eigenvalue weighted by molar-refractivity contribution is 6.32. The minimum absolute atomic E-state index is 0.00194. The third-order valence-corrected chi connectivity index (χ3v) is 7.88. The van der Waals surface area contributed by atoms with Crippen molar-refractivity contribution in [3.8, 4) is 5.75 Å². The van der Waals surface area contributed by atoms with E-state index in [4.69, 9.17) is 17.3 Å². The van der Waals surface area contributed by atoms with E-state index in [9.17, 15) is 34.8 Å². The zero-order valence-electron chi connectivity index (χ0n) is 19.6. The molecule has 0 radical (unpaired) electrons. The molecule has 0 bridgehead atoms. The molecule has 188 valence electrons. The molecule has 35 heavy (non-hydrogen) atoms. The summed E-state index contributed by atoms with van der Waals surface area (Å²) in [5, 5.41) is 44.1. The molecule has 0 spiro atoms. The van der Waals surface area contributed by atoms with Gasteiger partial charge in [-0.3, -0.25) is 14.4 Å². The molecule has 4 rings (SSSR count). The summed E-state index contributed by atoms with van der Waals surface area (Å²) < 4.78 is 0. The number of aliphatic hydroxyl groups excluding tert-OH is 2. The first kappa shape index (κ1) is 25.2. The number of phenolic OH excluding ortho intramolecular Hbond substituents is 1. The number of primary amides is 1. The maximum atomic E-state index is 13.5. The number of carbonyl (C=O) groups is 3. The minimum atomic E-state index is -2.57. The normalized spacial score (nSPS) is 26.1. The zero-order valence-corrected chi connectivity index (χ0v) is 20.4. The summed E-state index contributed by atoms with van der Waals surface area (Å²) >= 11 is 6.72. The van der Waals surface area contributed by atoms with Gasteiger partial charge in [0.05, 0.1) is 5.56 Å². The van der Waals surface area contributed by atoms with Crippen molar-refractivity contribution in [3.63, 3.8) is 0 Å². The second-order valence-electron chi connectivity index (χ2n) is 9.72. The van der Waals surface area contributed by atoms with Crippen LogP contribution in [0.4, 0.5) is 0 Å². The first-order valence-corrected chi connectivity index (χ1v) is 12.0. The van der Waals surface area contributed by atoms with Crippen molar-refractivity contribution in [2.24, 2.45) is 17.6 Å². The highest BCUT2D eigenvalue weighted by Gasteiger charge is 2.60. The van der Waals surface area contributed by atoms with Crippen LogP contribution in [0.3, 0.4) is 0 Å². The molecule has 9 nitrogen and oxygen atoms in total. The first-order chi connectivity index (χ1) is 16.4. The van der Waals surface area contributed by atoms with Crippen molar-refractivity contribution in [1.29, 1.82) is 0 Å². The number of amides is 1. The lowest BCUT2D eigenvalue weighted by molar-refractivity contribution is -0.147. The van der Waals surface area contributed by atoms with Crippen LogP contribution in [0.1, 0.15) is 49.3 Å². The molecule has 0 heterocycles. The molecule has 1 fully saturated rings. The Hall–Kier alpha value is -2.88. The van der Waals surface area contributed by atoms with Gasteiger partial charge in [-0.15, -0.1) is 0 Å². The molecule has 10 heteroatoms. The highest BCUT2D eigenvalue weighted by Crippen LogP contribution is 2.53. The summed E-state index contributed by atoms with van der Waals surface area (Å²) in [6, 6.07) is 1.45. The lowest BCUT2D eigenvalue weighted by atomic mass is 9.59. The van der Waals surface area contributed by atoms with Gasteiger partial charge in [0.2, 0.25) is 5.78 Å². The number of phenols is 1. The summed E-state index contributed by atoms with van der Waals surface area (Å²) in [6.07, 6.45) is 1.94. The number of halogens is 1. The third-order valence-electron chi connectivity index (χ3n) is 7.41. The number of nitrogens with zero attached hydrogens (tertiary/aromatic N) is 1. The number of aliphatic hydroxyl groups is 3. The number of aromatic hydroxyl groups is 1. The molecule has 1 aromatic carbocycles. The maximum absolute atomic E-state index is 13.5. The number of fused-ring (bicyclic) bond motifs is 3. The number of rotatable bonds is 6. The predicted molar refractivity (Wildman–Crippen MR) is 128 cm³/mol. The summed E-state index contributed by atoms with van der Waals surface area (Å²) in [6.45, 7) is 3.41. The number of ketones is 2. The average molecular weight is 505 g/mol. The van der Waals surface area contributed by atoms with Crippen molar-refractivity contribution in [1.82, 2.24) is 4.90 Å². The SMILES string of the molecule is CCCCN(C)Cc1cc(O)c2c(c1Cl)CC1C[C@H]3CC(=O)C(C(N)=O)=C(O)[C@@]3(O)C(=O)C1=C2O. The van der Waals surface area contributed by atoms with E-state index in [1.54, 1.807) is 0 Å². The quantitative estimate of drug-likeness (QED) is 0.369. The van der Waals surface area contributed by atoms with Crippen LogP contribution < -0.4 is 5.73 Å². The molecule has 0 saturated heterocycles. The van der Waals surface area contributed by atoms with E-state index in [0.717, 1.165) is 19.4 Å². The summed E-state index contributed by atoms with van der Waals surface area (Å²) in [5.74, 6) is -6.53. The molecular weight excluding hydrogens is 476 g/mol. The Morgan fingerprint density at radius 3 is 2.57 bits per heavy atom. The van der Waals surface area contributed by atoms with Gasteiger partial charge in [-0.2, -0.15) is 0 Å². The van der Waals surface area contributed by atoms with Gasteiger partial charge >= 0.3 is 0 Å². The number of hydrogen-bond acceptors (Lipinski definition) is 8. The van der Waals surface area contributed by atoms with E-state index in [2.05, 4.69) is 11.8 Å². The van der Waals surface area contributed by atoms with Crippen LogP contribution in [0.15, 0.2) is 23.0 Å². The van der Waals surface area contributed by atoms with Crippen LogP contribution in [0.5, 0.6) is 5.75 Å². The van der Waals surface area contributed by atoms with Crippen LogP contribution in [0.25, 0.3) is 5.76 Å². The van der Waals surface area contributed by atoms with E-state index in [0.29, 0.717) is 22.7 Å². The standard InChI is InChI=1S/C25H29ClN2O7/c1-3-4-5-28(2)10-12-8-15(29)18-14(20(12)26)7-11-6-13-9-16(30)19(24(27)34)23(33)25(13,35)22(32)17(11)21(18)31/h8,11,13,29,31,33,35H,3-7,9-10H2,1-2H3,(H2,27,34)/t11?,13-,25-/m0/s1. The Bertz CT molecular complexity index is 1200. The molecule has 1 amide bonds. The van der Waals surface area contributed by atoms with Crippen LogP contribution in [0.2, 0.25) is 5.02 Å². The minimum Gasteiger partial charge on any atom is -0.508 e. The molecule has 0 aromatic heterocycles. The van der Waals surface area contributed by atoms with Crippen molar-refractivity contribution in [3.05, 3.63) is 44.7 Å². The molecule has 1 saturated carbocycles. The number of hydrogen-bond donors (Lipinski definition) is 5. The first-order valence-electron chi connectivity index (χ1n) is 11.6. The lowest BCUT2D eigenvalue weighted by Crippen LogP contribution is -2.58. The summed E-state index contributed by atoms with van der Waals surface area (Å²) in [7, 11) is 1.94. The monoisotopic (exact) mass is 504 g/mol. The van der Waals surface area contributed by atoms with Crippen molar-refractivity contribution in [2.45, 2.75) is 51.2 Å². The van der Waals surface area contributed by atoms with Crippen LogP contribution in [0, 0.1) is 11.8 Å². The van der Waals surface area contributed by atoms with E-state index < -0.39 is 52.0 Å². The topological polar surface area (TPSA) is 161 Å². The number of unbranched alkanes of at least 4 members (excludes halogenated alkanes) is 1. The van der Waals surface area contributed by atoms with Crippen LogP contribution in [-0.2, 0) is 27.3 Å².